The molecule has 0 unspecified atom stereocenters. The molecule has 150 valence electrons. The molecular formula is C22H21F2N3O2. The second-order valence-electron chi connectivity index (χ2n) is 7.47. The molecule has 0 aliphatic carbocycles. The predicted molar refractivity (Wildman–Crippen MR) is 105 cm³/mol. The van der Waals surface area contributed by atoms with E-state index in [4.69, 9.17) is 0 Å². The molecular weight excluding hydrogens is 376 g/mol. The average molecular weight is 397 g/mol. The molecule has 29 heavy (non-hydrogen) atoms. The Morgan fingerprint density at radius 3 is 2.24 bits per heavy atom. The summed E-state index contributed by atoms with van der Waals surface area (Å²) in [7, 11) is 3.22. The number of piperazine rings is 1. The van der Waals surface area contributed by atoms with E-state index in [9.17, 15) is 18.4 Å². The minimum atomic E-state index is -0.678. The molecule has 1 aliphatic heterocycles. The topological polar surface area (TPSA) is 56.4 Å². The number of hydrogen-bond donors (Lipinski definition) is 1. The van der Waals surface area contributed by atoms with Crippen LogP contribution in [-0.4, -0.2) is 52.8 Å². The SMILES string of the molecule is CN1C(=O)[C@H](Cc2c[nH]c3cc(F)ccc23)N(C)C(=O)[C@@H]1Cc1cccc(F)c1. The van der Waals surface area contributed by atoms with Crippen molar-refractivity contribution in [2.24, 2.45) is 0 Å². The van der Waals surface area contributed by atoms with Gasteiger partial charge < -0.3 is 14.8 Å². The monoisotopic (exact) mass is 397 g/mol. The van der Waals surface area contributed by atoms with Gasteiger partial charge in [-0.2, -0.15) is 0 Å². The van der Waals surface area contributed by atoms with E-state index in [0.717, 1.165) is 10.9 Å². The molecule has 2 aromatic carbocycles. The summed E-state index contributed by atoms with van der Waals surface area (Å²) < 4.78 is 26.9. The predicted octanol–water partition coefficient (Wildman–Crippen LogP) is 2.90. The summed E-state index contributed by atoms with van der Waals surface area (Å²) in [6, 6.07) is 9.16. The Morgan fingerprint density at radius 2 is 1.55 bits per heavy atom. The van der Waals surface area contributed by atoms with Gasteiger partial charge in [-0.15, -0.1) is 0 Å². The lowest BCUT2D eigenvalue weighted by atomic mass is 9.95. The third kappa shape index (κ3) is 3.48. The molecule has 1 aromatic heterocycles. The Morgan fingerprint density at radius 1 is 0.897 bits per heavy atom. The molecule has 2 heterocycles. The molecule has 3 aromatic rings. The van der Waals surface area contributed by atoms with Crippen LogP contribution in [0.5, 0.6) is 0 Å². The number of nitrogens with one attached hydrogen (secondary N) is 1. The van der Waals surface area contributed by atoms with Gasteiger partial charge >= 0.3 is 0 Å². The maximum absolute atomic E-state index is 13.5. The lowest BCUT2D eigenvalue weighted by Crippen LogP contribution is -2.63. The lowest BCUT2D eigenvalue weighted by molar-refractivity contribution is -0.158. The van der Waals surface area contributed by atoms with Gasteiger partial charge in [0.25, 0.3) is 0 Å². The average Bonchev–Trinajstić information content (AvgIpc) is 3.09. The molecule has 0 bridgehead atoms. The number of hydrogen-bond acceptors (Lipinski definition) is 2. The normalized spacial score (nSPS) is 20.0. The fourth-order valence-electron chi connectivity index (χ4n) is 3.98. The van der Waals surface area contributed by atoms with Crippen molar-refractivity contribution >= 4 is 22.7 Å². The fourth-order valence-corrected chi connectivity index (χ4v) is 3.98. The summed E-state index contributed by atoms with van der Waals surface area (Å²) in [4.78, 5) is 32.0. The van der Waals surface area contributed by atoms with Crippen LogP contribution in [0.2, 0.25) is 0 Å². The smallest absolute Gasteiger partial charge is 0.246 e. The molecule has 1 fully saturated rings. The maximum atomic E-state index is 13.5. The van der Waals surface area contributed by atoms with Gasteiger partial charge in [-0.25, -0.2) is 8.78 Å². The van der Waals surface area contributed by atoms with Crippen LogP contribution >= 0.6 is 0 Å². The lowest BCUT2D eigenvalue weighted by Gasteiger charge is -2.42. The van der Waals surface area contributed by atoms with Crippen molar-refractivity contribution in [3.8, 4) is 0 Å². The number of amides is 2. The molecule has 1 aliphatic rings. The highest BCUT2D eigenvalue weighted by atomic mass is 19.1. The number of nitrogens with zero attached hydrogens (tertiary/aromatic N) is 2. The number of likely N-dealkylation sites (N-methyl/N-ethyl adjacent to an activating group) is 2. The first-order valence-corrected chi connectivity index (χ1v) is 9.38. The third-order valence-corrected chi connectivity index (χ3v) is 5.66. The van der Waals surface area contributed by atoms with Crippen molar-refractivity contribution in [2.45, 2.75) is 24.9 Å². The molecule has 1 saturated heterocycles. The van der Waals surface area contributed by atoms with E-state index in [0.29, 0.717) is 17.5 Å². The molecule has 0 saturated carbocycles. The number of halogens is 2. The van der Waals surface area contributed by atoms with E-state index >= 15 is 0 Å². The van der Waals surface area contributed by atoms with E-state index < -0.39 is 12.1 Å². The Kier molecular flexibility index (Phi) is 4.82. The summed E-state index contributed by atoms with van der Waals surface area (Å²) in [6.45, 7) is 0. The minimum Gasteiger partial charge on any atom is -0.361 e. The van der Waals surface area contributed by atoms with Crippen LogP contribution in [0.15, 0.2) is 48.7 Å². The number of benzene rings is 2. The van der Waals surface area contributed by atoms with Crippen molar-refractivity contribution in [2.75, 3.05) is 14.1 Å². The van der Waals surface area contributed by atoms with E-state index in [-0.39, 0.29) is 29.9 Å². The van der Waals surface area contributed by atoms with Crippen molar-refractivity contribution in [3.63, 3.8) is 0 Å². The Bertz CT molecular complexity index is 1090. The van der Waals surface area contributed by atoms with Gasteiger partial charge in [0.2, 0.25) is 11.8 Å². The van der Waals surface area contributed by atoms with E-state index in [1.807, 2.05) is 0 Å². The zero-order valence-electron chi connectivity index (χ0n) is 16.2. The van der Waals surface area contributed by atoms with Gasteiger partial charge in [0.1, 0.15) is 23.7 Å². The van der Waals surface area contributed by atoms with Crippen molar-refractivity contribution < 1.29 is 18.4 Å². The zero-order valence-corrected chi connectivity index (χ0v) is 16.2. The molecule has 2 amide bonds. The summed E-state index contributed by atoms with van der Waals surface area (Å²) in [5.41, 5.74) is 2.15. The first-order valence-electron chi connectivity index (χ1n) is 9.38. The molecule has 0 spiro atoms. The van der Waals surface area contributed by atoms with Crippen molar-refractivity contribution in [1.82, 2.24) is 14.8 Å². The number of rotatable bonds is 4. The quantitative estimate of drug-likeness (QED) is 0.736. The van der Waals surface area contributed by atoms with Gasteiger partial charge in [-0.05, 0) is 41.5 Å². The van der Waals surface area contributed by atoms with Crippen LogP contribution < -0.4 is 0 Å². The maximum Gasteiger partial charge on any atom is 0.246 e. The van der Waals surface area contributed by atoms with Crippen LogP contribution in [0, 0.1) is 11.6 Å². The Labute approximate surface area is 166 Å². The second kappa shape index (κ2) is 7.31. The Balaban J connectivity index is 1.57. The number of carbonyl (C=O) groups excluding carboxylic acids is 2. The van der Waals surface area contributed by atoms with Gasteiger partial charge in [0, 0.05) is 44.0 Å². The summed E-state index contributed by atoms with van der Waals surface area (Å²) in [6.07, 6.45) is 2.32. The highest BCUT2D eigenvalue weighted by Gasteiger charge is 2.42. The van der Waals surface area contributed by atoms with E-state index in [1.165, 1.54) is 34.1 Å². The first-order chi connectivity index (χ1) is 13.8. The number of aromatic amines is 1. The zero-order chi connectivity index (χ0) is 20.7. The number of H-pyrrole nitrogens is 1. The van der Waals surface area contributed by atoms with Crippen molar-refractivity contribution in [1.29, 1.82) is 0 Å². The number of aromatic nitrogens is 1. The number of carbonyl (C=O) groups is 2. The van der Waals surface area contributed by atoms with Gasteiger partial charge in [-0.3, -0.25) is 9.59 Å². The van der Waals surface area contributed by atoms with E-state index in [1.54, 1.807) is 38.5 Å². The molecule has 5 nitrogen and oxygen atoms in total. The van der Waals surface area contributed by atoms with Crippen LogP contribution in [-0.2, 0) is 22.4 Å². The van der Waals surface area contributed by atoms with Gasteiger partial charge in [0.05, 0.1) is 0 Å². The molecule has 1 N–H and O–H groups in total. The van der Waals surface area contributed by atoms with Crippen molar-refractivity contribution in [3.05, 3.63) is 71.4 Å². The number of fused-ring (bicyclic) bond motifs is 1. The molecule has 2 atom stereocenters. The van der Waals surface area contributed by atoms with Gasteiger partial charge in [-0.1, -0.05) is 12.1 Å². The van der Waals surface area contributed by atoms with Crippen LogP contribution in [0.3, 0.4) is 0 Å². The van der Waals surface area contributed by atoms with Crippen LogP contribution in [0.4, 0.5) is 8.78 Å². The first kappa shape index (κ1) is 19.1. The Hall–Kier alpha value is -3.22. The minimum absolute atomic E-state index is 0.176. The highest BCUT2D eigenvalue weighted by molar-refractivity contribution is 5.97. The molecule has 0 radical (unpaired) electrons. The van der Waals surface area contributed by atoms with E-state index in [2.05, 4.69) is 4.98 Å². The highest BCUT2D eigenvalue weighted by Crippen LogP contribution is 2.25. The third-order valence-electron chi connectivity index (χ3n) is 5.66. The summed E-state index contributed by atoms with van der Waals surface area (Å²) in [5, 5.41) is 0.824. The second-order valence-corrected chi connectivity index (χ2v) is 7.47. The largest absolute Gasteiger partial charge is 0.361 e. The van der Waals surface area contributed by atoms with Gasteiger partial charge in [0.15, 0.2) is 0 Å². The van der Waals surface area contributed by atoms with Crippen LogP contribution in [0.25, 0.3) is 10.9 Å². The van der Waals surface area contributed by atoms with Crippen LogP contribution in [0.1, 0.15) is 11.1 Å². The molecule has 7 heteroatoms. The summed E-state index contributed by atoms with van der Waals surface area (Å²) >= 11 is 0. The molecule has 4 rings (SSSR count). The standard InChI is InChI=1S/C22H21F2N3O2/c1-26-19(9-13-4-3-5-15(23)8-13)21(28)27(2)20(22(26)29)10-14-12-25-18-11-16(24)6-7-17(14)18/h3-8,11-12,19-20,25H,9-10H2,1-2H3/t19-,20-/m0/s1. The fraction of sp³-hybridized carbons (Fsp3) is 0.273. The summed E-state index contributed by atoms with van der Waals surface area (Å²) in [5.74, 6) is -1.08.